The van der Waals surface area contributed by atoms with E-state index in [1.165, 1.54) is 0 Å². The van der Waals surface area contributed by atoms with Crippen molar-refractivity contribution in [3.05, 3.63) is 28.8 Å². The van der Waals surface area contributed by atoms with Gasteiger partial charge in [0.2, 0.25) is 0 Å². The Hall–Kier alpha value is -0.780. The first-order chi connectivity index (χ1) is 8.93. The quantitative estimate of drug-likeness (QED) is 0.918. The summed E-state index contributed by atoms with van der Waals surface area (Å²) < 4.78 is 23.3. The molecule has 1 saturated heterocycles. The second-order valence-corrected chi connectivity index (χ2v) is 7.63. The third-order valence-electron chi connectivity index (χ3n) is 3.44. The maximum Gasteiger partial charge on any atom is 0.154 e. The number of rotatable bonds is 3. The highest BCUT2D eigenvalue weighted by Gasteiger charge is 2.29. The van der Waals surface area contributed by atoms with Crippen molar-refractivity contribution in [3.8, 4) is 0 Å². The fourth-order valence-electron chi connectivity index (χ4n) is 2.53. The van der Waals surface area contributed by atoms with Gasteiger partial charge in [0.25, 0.3) is 0 Å². The molecule has 1 atom stereocenters. The molecule has 1 heterocycles. The Labute approximate surface area is 119 Å². The fourth-order valence-corrected chi connectivity index (χ4v) is 4.25. The predicted molar refractivity (Wildman–Crippen MR) is 79.7 cm³/mol. The third kappa shape index (κ3) is 3.41. The van der Waals surface area contributed by atoms with Gasteiger partial charge in [-0.15, -0.1) is 0 Å². The van der Waals surface area contributed by atoms with Crippen molar-refractivity contribution in [2.75, 3.05) is 29.5 Å². The van der Waals surface area contributed by atoms with E-state index in [0.717, 1.165) is 17.7 Å². The average Bonchev–Trinajstić information content (AvgIpc) is 2.31. The molecule has 0 bridgehead atoms. The lowest BCUT2D eigenvalue weighted by atomic mass is 10.1. The van der Waals surface area contributed by atoms with E-state index < -0.39 is 9.84 Å². The summed E-state index contributed by atoms with van der Waals surface area (Å²) in [6.07, 6.45) is 0.766. The normalized spacial score (nSPS) is 22.5. The second-order valence-electron chi connectivity index (χ2n) is 4.97. The summed E-state index contributed by atoms with van der Waals surface area (Å²) >= 11 is 6.06. The van der Waals surface area contributed by atoms with Gasteiger partial charge in [-0.3, -0.25) is 0 Å². The van der Waals surface area contributed by atoms with Gasteiger partial charge in [-0.2, -0.15) is 0 Å². The third-order valence-corrected chi connectivity index (χ3v) is 5.47. The molecule has 106 valence electrons. The number of benzene rings is 1. The molecular formula is C13H19ClN2O2S. The van der Waals surface area contributed by atoms with E-state index in [2.05, 4.69) is 4.90 Å². The van der Waals surface area contributed by atoms with Crippen LogP contribution in [0.2, 0.25) is 5.02 Å². The number of nitrogens with zero attached hydrogens (tertiary/aromatic N) is 1. The van der Waals surface area contributed by atoms with Crippen molar-refractivity contribution in [3.63, 3.8) is 0 Å². The molecule has 0 aliphatic carbocycles. The number of sulfone groups is 1. The van der Waals surface area contributed by atoms with E-state index in [4.69, 9.17) is 17.3 Å². The van der Waals surface area contributed by atoms with E-state index in [1.807, 2.05) is 25.1 Å². The van der Waals surface area contributed by atoms with Crippen LogP contribution in [0.25, 0.3) is 0 Å². The van der Waals surface area contributed by atoms with Crippen LogP contribution in [0, 0.1) is 0 Å². The molecule has 1 aliphatic heterocycles. The minimum absolute atomic E-state index is 0.0336. The molecule has 4 nitrogen and oxygen atoms in total. The van der Waals surface area contributed by atoms with Crippen LogP contribution in [0.4, 0.5) is 5.69 Å². The Balaban J connectivity index is 2.33. The van der Waals surface area contributed by atoms with Crippen LogP contribution in [0.15, 0.2) is 18.2 Å². The van der Waals surface area contributed by atoms with Crippen molar-refractivity contribution >= 4 is 27.1 Å². The molecule has 1 aliphatic rings. The minimum Gasteiger partial charge on any atom is -0.367 e. The smallest absolute Gasteiger partial charge is 0.154 e. The van der Waals surface area contributed by atoms with Gasteiger partial charge in [-0.05, 0) is 37.6 Å². The molecule has 2 rings (SSSR count). The first-order valence-corrected chi connectivity index (χ1v) is 8.58. The first kappa shape index (κ1) is 14.6. The number of halogens is 1. The van der Waals surface area contributed by atoms with Gasteiger partial charge < -0.3 is 10.6 Å². The molecule has 1 fully saturated rings. The van der Waals surface area contributed by atoms with E-state index >= 15 is 0 Å². The molecule has 1 aromatic carbocycles. The lowest BCUT2D eigenvalue weighted by Gasteiger charge is -2.36. The average molecular weight is 303 g/mol. The SMILES string of the molecule is CC1CS(=O)(=O)CCN1c1cc(Cl)ccc1CCN. The number of hydrogen-bond acceptors (Lipinski definition) is 4. The summed E-state index contributed by atoms with van der Waals surface area (Å²) in [5.41, 5.74) is 7.76. The molecule has 0 saturated carbocycles. The predicted octanol–water partition coefficient (Wildman–Crippen LogP) is 1.46. The molecule has 1 aromatic rings. The number of nitrogens with two attached hydrogens (primary N) is 1. The van der Waals surface area contributed by atoms with Crippen molar-refractivity contribution in [1.82, 2.24) is 0 Å². The van der Waals surface area contributed by atoms with E-state index in [0.29, 0.717) is 18.1 Å². The molecule has 0 radical (unpaired) electrons. The van der Waals surface area contributed by atoms with Gasteiger partial charge in [0.15, 0.2) is 9.84 Å². The lowest BCUT2D eigenvalue weighted by Crippen LogP contribution is -2.47. The molecule has 0 aromatic heterocycles. The molecule has 0 spiro atoms. The molecule has 6 heteroatoms. The van der Waals surface area contributed by atoms with Crippen LogP contribution in [0.1, 0.15) is 12.5 Å². The minimum atomic E-state index is -2.91. The molecule has 2 N–H and O–H groups in total. The highest BCUT2D eigenvalue weighted by Crippen LogP contribution is 2.29. The largest absolute Gasteiger partial charge is 0.367 e. The van der Waals surface area contributed by atoms with Gasteiger partial charge >= 0.3 is 0 Å². The van der Waals surface area contributed by atoms with Gasteiger partial charge in [0.1, 0.15) is 0 Å². The number of hydrogen-bond donors (Lipinski definition) is 1. The summed E-state index contributed by atoms with van der Waals surface area (Å²) in [4.78, 5) is 2.12. The topological polar surface area (TPSA) is 63.4 Å². The Bertz CT molecular complexity index is 560. The van der Waals surface area contributed by atoms with E-state index in [1.54, 1.807) is 0 Å². The van der Waals surface area contributed by atoms with E-state index in [9.17, 15) is 8.42 Å². The monoisotopic (exact) mass is 302 g/mol. The highest BCUT2D eigenvalue weighted by atomic mass is 35.5. The standard InChI is InChI=1S/C13H19ClN2O2S/c1-10-9-19(17,18)7-6-16(10)13-8-12(14)3-2-11(13)4-5-15/h2-3,8,10H,4-7,9,15H2,1H3. The summed E-state index contributed by atoms with van der Waals surface area (Å²) in [6, 6.07) is 5.69. The van der Waals surface area contributed by atoms with Crippen LogP contribution >= 0.6 is 11.6 Å². The zero-order chi connectivity index (χ0) is 14.0. The zero-order valence-corrected chi connectivity index (χ0v) is 12.5. The van der Waals surface area contributed by atoms with Gasteiger partial charge in [0, 0.05) is 23.3 Å². The highest BCUT2D eigenvalue weighted by molar-refractivity contribution is 7.91. The summed E-state index contributed by atoms with van der Waals surface area (Å²) in [6.45, 7) is 3.01. The van der Waals surface area contributed by atoms with Gasteiger partial charge in [0.05, 0.1) is 11.5 Å². The van der Waals surface area contributed by atoms with Crippen LogP contribution in [0.5, 0.6) is 0 Å². The Kier molecular flexibility index (Phi) is 4.38. The van der Waals surface area contributed by atoms with E-state index in [-0.39, 0.29) is 17.5 Å². The van der Waals surface area contributed by atoms with Crippen molar-refractivity contribution in [2.24, 2.45) is 5.73 Å². The fraction of sp³-hybridized carbons (Fsp3) is 0.538. The first-order valence-electron chi connectivity index (χ1n) is 6.38. The Morgan fingerprint density at radius 1 is 1.47 bits per heavy atom. The Morgan fingerprint density at radius 2 is 2.21 bits per heavy atom. The summed E-state index contributed by atoms with van der Waals surface area (Å²) in [7, 11) is -2.91. The van der Waals surface area contributed by atoms with Crippen LogP contribution in [0.3, 0.4) is 0 Å². The lowest BCUT2D eigenvalue weighted by molar-refractivity contribution is 0.568. The van der Waals surface area contributed by atoms with Crippen LogP contribution in [-0.4, -0.2) is 39.1 Å². The van der Waals surface area contributed by atoms with Crippen LogP contribution in [-0.2, 0) is 16.3 Å². The molecular weight excluding hydrogens is 284 g/mol. The maximum absolute atomic E-state index is 11.6. The van der Waals surface area contributed by atoms with Crippen LogP contribution < -0.4 is 10.6 Å². The van der Waals surface area contributed by atoms with Crippen molar-refractivity contribution < 1.29 is 8.42 Å². The maximum atomic E-state index is 11.6. The van der Waals surface area contributed by atoms with Crippen molar-refractivity contribution in [2.45, 2.75) is 19.4 Å². The summed E-state index contributed by atoms with van der Waals surface area (Å²) in [5.74, 6) is 0.396. The van der Waals surface area contributed by atoms with Gasteiger partial charge in [-0.25, -0.2) is 8.42 Å². The molecule has 1 unspecified atom stereocenters. The second kappa shape index (κ2) is 5.69. The summed E-state index contributed by atoms with van der Waals surface area (Å²) in [5, 5.41) is 0.663. The molecule has 0 amide bonds. The molecule has 19 heavy (non-hydrogen) atoms. The number of anilines is 1. The zero-order valence-electron chi connectivity index (χ0n) is 11.0. The van der Waals surface area contributed by atoms with Crippen molar-refractivity contribution in [1.29, 1.82) is 0 Å². The van der Waals surface area contributed by atoms with Gasteiger partial charge in [-0.1, -0.05) is 17.7 Å². The Morgan fingerprint density at radius 3 is 2.84 bits per heavy atom.